The molecule has 5 nitrogen and oxygen atoms in total. The van der Waals surface area contributed by atoms with Crippen LogP contribution in [0.1, 0.15) is 17.8 Å². The predicted molar refractivity (Wildman–Crippen MR) is 60.1 cm³/mol. The number of hydrogen-bond acceptors (Lipinski definition) is 4. The fourth-order valence-corrected chi connectivity index (χ4v) is 1.60. The number of nitrogens with zero attached hydrogens (tertiary/aromatic N) is 3. The van der Waals surface area contributed by atoms with E-state index in [-0.39, 0.29) is 6.54 Å². The highest BCUT2D eigenvalue weighted by Crippen LogP contribution is 2.17. The van der Waals surface area contributed by atoms with Crippen LogP contribution in [0.15, 0.2) is 30.3 Å². The molecule has 1 aromatic heterocycles. The summed E-state index contributed by atoms with van der Waals surface area (Å²) in [5.41, 5.74) is 6.35. The lowest BCUT2D eigenvalue weighted by Gasteiger charge is -2.11. The molecule has 1 heterocycles. The first-order chi connectivity index (χ1) is 7.74. The maximum Gasteiger partial charge on any atom is 0.167 e. The van der Waals surface area contributed by atoms with E-state index in [4.69, 9.17) is 5.73 Å². The first-order valence-electron chi connectivity index (χ1n) is 5.09. The zero-order valence-corrected chi connectivity index (χ0v) is 9.04. The van der Waals surface area contributed by atoms with Crippen LogP contribution in [-0.2, 0) is 0 Å². The van der Waals surface area contributed by atoms with Gasteiger partial charge in [0, 0.05) is 12.2 Å². The van der Waals surface area contributed by atoms with Gasteiger partial charge in [0.25, 0.3) is 0 Å². The van der Waals surface area contributed by atoms with Gasteiger partial charge in [0.1, 0.15) is 11.9 Å². The van der Waals surface area contributed by atoms with Gasteiger partial charge in [0.15, 0.2) is 5.82 Å². The van der Waals surface area contributed by atoms with E-state index in [1.54, 1.807) is 4.57 Å². The Kier molecular flexibility index (Phi) is 2.98. The van der Waals surface area contributed by atoms with Crippen molar-refractivity contribution in [1.29, 1.82) is 0 Å². The molecule has 1 atom stereocenters. The molecule has 0 aliphatic carbocycles. The van der Waals surface area contributed by atoms with Crippen LogP contribution in [0.2, 0.25) is 0 Å². The van der Waals surface area contributed by atoms with Crippen LogP contribution in [0, 0.1) is 6.92 Å². The van der Waals surface area contributed by atoms with Crippen LogP contribution in [-0.4, -0.2) is 26.4 Å². The Balaban J connectivity index is 2.52. The Hall–Kier alpha value is -1.72. The molecule has 0 bridgehead atoms. The minimum Gasteiger partial charge on any atom is -0.384 e. The highest BCUT2D eigenvalue weighted by Gasteiger charge is 2.16. The highest BCUT2D eigenvalue weighted by atomic mass is 16.3. The molecular weight excluding hydrogens is 204 g/mol. The topological polar surface area (TPSA) is 77.0 Å². The standard InChI is InChI=1S/C11H14N4O/c1-8-13-14-11(10(16)7-12)15(8)9-5-3-2-4-6-9/h2-6,10,16H,7,12H2,1H3/t10-/m0/s1. The molecule has 0 unspecified atom stereocenters. The monoisotopic (exact) mass is 218 g/mol. The summed E-state index contributed by atoms with van der Waals surface area (Å²) in [4.78, 5) is 0. The molecule has 1 aromatic carbocycles. The average Bonchev–Trinajstić information content (AvgIpc) is 2.71. The summed E-state index contributed by atoms with van der Waals surface area (Å²) in [7, 11) is 0. The van der Waals surface area contributed by atoms with Gasteiger partial charge in [-0.3, -0.25) is 4.57 Å². The SMILES string of the molecule is Cc1nnc([C@@H](O)CN)n1-c1ccccc1. The van der Waals surface area contributed by atoms with Gasteiger partial charge in [0.05, 0.1) is 0 Å². The zero-order valence-electron chi connectivity index (χ0n) is 9.04. The highest BCUT2D eigenvalue weighted by molar-refractivity contribution is 5.34. The zero-order chi connectivity index (χ0) is 11.5. The third kappa shape index (κ3) is 1.82. The van der Waals surface area contributed by atoms with Gasteiger partial charge in [0.2, 0.25) is 0 Å². The quantitative estimate of drug-likeness (QED) is 0.789. The molecule has 0 aliphatic rings. The molecule has 0 saturated heterocycles. The Bertz CT molecular complexity index is 466. The van der Waals surface area contributed by atoms with E-state index in [0.717, 1.165) is 11.5 Å². The summed E-state index contributed by atoms with van der Waals surface area (Å²) in [6.07, 6.45) is -0.790. The minimum atomic E-state index is -0.790. The first kappa shape index (κ1) is 10.8. The molecule has 0 saturated carbocycles. The van der Waals surface area contributed by atoms with E-state index in [9.17, 15) is 5.11 Å². The maximum atomic E-state index is 9.74. The number of hydrogen-bond donors (Lipinski definition) is 2. The van der Waals surface area contributed by atoms with Gasteiger partial charge in [-0.2, -0.15) is 0 Å². The number of aliphatic hydroxyl groups excluding tert-OH is 1. The summed E-state index contributed by atoms with van der Waals surface area (Å²) >= 11 is 0. The van der Waals surface area contributed by atoms with Gasteiger partial charge >= 0.3 is 0 Å². The number of rotatable bonds is 3. The normalized spacial score (nSPS) is 12.7. The number of aryl methyl sites for hydroxylation is 1. The van der Waals surface area contributed by atoms with E-state index in [2.05, 4.69) is 10.2 Å². The van der Waals surface area contributed by atoms with Crippen LogP contribution in [0.4, 0.5) is 0 Å². The molecule has 0 radical (unpaired) electrons. The summed E-state index contributed by atoms with van der Waals surface area (Å²) in [5, 5.41) is 17.6. The summed E-state index contributed by atoms with van der Waals surface area (Å²) in [5.74, 6) is 1.21. The Morgan fingerprint density at radius 1 is 1.31 bits per heavy atom. The molecule has 16 heavy (non-hydrogen) atoms. The lowest BCUT2D eigenvalue weighted by Crippen LogP contribution is -2.16. The van der Waals surface area contributed by atoms with Crippen molar-refractivity contribution in [2.24, 2.45) is 5.73 Å². The van der Waals surface area contributed by atoms with E-state index < -0.39 is 6.10 Å². The Labute approximate surface area is 93.5 Å². The van der Waals surface area contributed by atoms with Crippen molar-refractivity contribution in [2.45, 2.75) is 13.0 Å². The molecule has 84 valence electrons. The maximum absolute atomic E-state index is 9.74. The Morgan fingerprint density at radius 2 is 2.00 bits per heavy atom. The third-order valence-corrected chi connectivity index (χ3v) is 2.39. The van der Waals surface area contributed by atoms with Crippen molar-refractivity contribution in [3.05, 3.63) is 42.0 Å². The number of aromatic nitrogens is 3. The van der Waals surface area contributed by atoms with Crippen molar-refractivity contribution >= 4 is 0 Å². The minimum absolute atomic E-state index is 0.130. The molecule has 0 fully saturated rings. The Morgan fingerprint density at radius 3 is 2.62 bits per heavy atom. The second kappa shape index (κ2) is 4.42. The van der Waals surface area contributed by atoms with Gasteiger partial charge in [-0.25, -0.2) is 0 Å². The molecule has 0 amide bonds. The predicted octanol–water partition coefficient (Wildman–Crippen LogP) is 0.568. The third-order valence-electron chi connectivity index (χ3n) is 2.39. The number of benzene rings is 1. The van der Waals surface area contributed by atoms with Crippen molar-refractivity contribution in [2.75, 3.05) is 6.54 Å². The molecule has 0 spiro atoms. The van der Waals surface area contributed by atoms with E-state index >= 15 is 0 Å². The van der Waals surface area contributed by atoms with E-state index in [0.29, 0.717) is 5.82 Å². The van der Waals surface area contributed by atoms with Crippen molar-refractivity contribution < 1.29 is 5.11 Å². The van der Waals surface area contributed by atoms with Gasteiger partial charge < -0.3 is 10.8 Å². The van der Waals surface area contributed by atoms with Crippen molar-refractivity contribution in [3.8, 4) is 5.69 Å². The van der Waals surface area contributed by atoms with Crippen LogP contribution in [0.5, 0.6) is 0 Å². The summed E-state index contributed by atoms with van der Waals surface area (Å²) in [6.45, 7) is 1.97. The van der Waals surface area contributed by atoms with Gasteiger partial charge in [-0.1, -0.05) is 18.2 Å². The van der Waals surface area contributed by atoms with Gasteiger partial charge in [-0.15, -0.1) is 10.2 Å². The van der Waals surface area contributed by atoms with Gasteiger partial charge in [-0.05, 0) is 19.1 Å². The molecule has 2 rings (SSSR count). The second-order valence-electron chi connectivity index (χ2n) is 3.53. The van der Waals surface area contributed by atoms with Crippen molar-refractivity contribution in [1.82, 2.24) is 14.8 Å². The fraction of sp³-hybridized carbons (Fsp3) is 0.273. The van der Waals surface area contributed by atoms with Crippen LogP contribution >= 0.6 is 0 Å². The van der Waals surface area contributed by atoms with Crippen LogP contribution < -0.4 is 5.73 Å². The second-order valence-corrected chi connectivity index (χ2v) is 3.53. The number of nitrogens with two attached hydrogens (primary N) is 1. The molecule has 5 heteroatoms. The van der Waals surface area contributed by atoms with E-state index in [1.165, 1.54) is 0 Å². The smallest absolute Gasteiger partial charge is 0.167 e. The molecular formula is C11H14N4O. The lowest BCUT2D eigenvalue weighted by atomic mass is 10.3. The average molecular weight is 218 g/mol. The van der Waals surface area contributed by atoms with E-state index in [1.807, 2.05) is 37.3 Å². The molecule has 3 N–H and O–H groups in total. The molecule has 0 aliphatic heterocycles. The molecule has 2 aromatic rings. The fourth-order valence-electron chi connectivity index (χ4n) is 1.60. The summed E-state index contributed by atoms with van der Waals surface area (Å²) in [6, 6.07) is 9.65. The first-order valence-corrected chi connectivity index (χ1v) is 5.09. The summed E-state index contributed by atoms with van der Waals surface area (Å²) < 4.78 is 1.80. The van der Waals surface area contributed by atoms with Crippen molar-refractivity contribution in [3.63, 3.8) is 0 Å². The van der Waals surface area contributed by atoms with Crippen LogP contribution in [0.25, 0.3) is 5.69 Å². The largest absolute Gasteiger partial charge is 0.384 e. The number of aliphatic hydroxyl groups is 1. The number of para-hydroxylation sites is 1. The lowest BCUT2D eigenvalue weighted by molar-refractivity contribution is 0.174. The van der Waals surface area contributed by atoms with Crippen LogP contribution in [0.3, 0.4) is 0 Å².